The number of hydrogen-bond donors (Lipinski definition) is 2. The Morgan fingerprint density at radius 1 is 1.19 bits per heavy atom. The number of nitrogens with zero attached hydrogens (tertiary/aromatic N) is 6. The molecule has 27 heavy (non-hydrogen) atoms. The van der Waals surface area contributed by atoms with Gasteiger partial charge in [0.25, 0.3) is 0 Å². The minimum Gasteiger partial charge on any atom is -0.508 e. The molecule has 1 saturated heterocycles. The minimum absolute atomic E-state index is 0.185. The van der Waals surface area contributed by atoms with Crippen molar-refractivity contribution in [3.05, 3.63) is 30.1 Å². The summed E-state index contributed by atoms with van der Waals surface area (Å²) in [7, 11) is 1.85. The van der Waals surface area contributed by atoms with Crippen LogP contribution in [0.15, 0.2) is 34.5 Å². The standard InChI is InChI=1S/C17H23N7O3/c1-18-6-9-27-17-21-15(12-19-23-13-2-4-14(25)5-3-13)20-16(22-17)24-7-10-26-11-8-24/h2-5,18,25H,6-12H2,1H3. The highest BCUT2D eigenvalue weighted by atomic mass is 16.5. The molecular weight excluding hydrogens is 350 g/mol. The van der Waals surface area contributed by atoms with Gasteiger partial charge < -0.3 is 24.8 Å². The van der Waals surface area contributed by atoms with E-state index < -0.39 is 0 Å². The molecule has 0 atom stereocenters. The van der Waals surface area contributed by atoms with Gasteiger partial charge >= 0.3 is 6.01 Å². The van der Waals surface area contributed by atoms with Crippen LogP contribution in [-0.2, 0) is 11.3 Å². The predicted molar refractivity (Wildman–Crippen MR) is 98.6 cm³/mol. The largest absolute Gasteiger partial charge is 0.508 e. The molecule has 0 saturated carbocycles. The summed E-state index contributed by atoms with van der Waals surface area (Å²) < 4.78 is 11.0. The lowest BCUT2D eigenvalue weighted by Crippen LogP contribution is -2.37. The number of azo groups is 1. The highest BCUT2D eigenvalue weighted by molar-refractivity contribution is 5.39. The number of aromatic hydroxyl groups is 1. The van der Waals surface area contributed by atoms with E-state index in [-0.39, 0.29) is 18.3 Å². The Kier molecular flexibility index (Phi) is 6.83. The van der Waals surface area contributed by atoms with Gasteiger partial charge in [-0.15, -0.1) is 0 Å². The molecule has 10 nitrogen and oxygen atoms in total. The first kappa shape index (κ1) is 18.9. The molecule has 3 rings (SSSR count). The van der Waals surface area contributed by atoms with Gasteiger partial charge in [0.15, 0.2) is 5.82 Å². The monoisotopic (exact) mass is 373 g/mol. The summed E-state index contributed by atoms with van der Waals surface area (Å²) in [5, 5.41) is 20.6. The van der Waals surface area contributed by atoms with E-state index in [0.717, 1.165) is 0 Å². The van der Waals surface area contributed by atoms with Gasteiger partial charge in [-0.25, -0.2) is 0 Å². The molecule has 2 heterocycles. The van der Waals surface area contributed by atoms with Crippen molar-refractivity contribution in [1.29, 1.82) is 0 Å². The molecule has 0 bridgehead atoms. The normalized spacial score (nSPS) is 14.6. The maximum atomic E-state index is 9.30. The first-order valence-electron chi connectivity index (χ1n) is 8.76. The highest BCUT2D eigenvalue weighted by Gasteiger charge is 2.17. The highest BCUT2D eigenvalue weighted by Crippen LogP contribution is 2.18. The molecule has 144 valence electrons. The van der Waals surface area contributed by atoms with Crippen molar-refractivity contribution in [2.24, 2.45) is 10.2 Å². The van der Waals surface area contributed by atoms with Gasteiger partial charge in [0.05, 0.1) is 18.9 Å². The van der Waals surface area contributed by atoms with Crippen molar-refractivity contribution in [3.8, 4) is 11.8 Å². The summed E-state index contributed by atoms with van der Waals surface area (Å²) in [5.41, 5.74) is 0.640. The maximum Gasteiger partial charge on any atom is 0.321 e. The molecule has 0 radical (unpaired) electrons. The summed E-state index contributed by atoms with van der Waals surface area (Å²) in [4.78, 5) is 15.3. The third kappa shape index (κ3) is 5.83. The minimum atomic E-state index is 0.185. The van der Waals surface area contributed by atoms with E-state index in [1.807, 2.05) is 11.9 Å². The second kappa shape index (κ2) is 9.74. The van der Waals surface area contributed by atoms with Gasteiger partial charge in [0.1, 0.15) is 18.9 Å². The molecular formula is C17H23N7O3. The first-order valence-corrected chi connectivity index (χ1v) is 8.76. The van der Waals surface area contributed by atoms with Crippen LogP contribution < -0.4 is 15.0 Å². The first-order chi connectivity index (χ1) is 13.2. The van der Waals surface area contributed by atoms with Crippen molar-refractivity contribution < 1.29 is 14.6 Å². The molecule has 10 heteroatoms. The SMILES string of the molecule is CNCCOc1nc(CN=Nc2ccc(O)cc2)nc(N2CCOCC2)n1. The number of hydrogen-bond acceptors (Lipinski definition) is 10. The Morgan fingerprint density at radius 3 is 2.70 bits per heavy atom. The van der Waals surface area contributed by atoms with Gasteiger partial charge in [-0.2, -0.15) is 25.2 Å². The van der Waals surface area contributed by atoms with Crippen LogP contribution in [0.1, 0.15) is 5.82 Å². The lowest BCUT2D eigenvalue weighted by atomic mass is 10.3. The van der Waals surface area contributed by atoms with E-state index in [1.165, 1.54) is 0 Å². The van der Waals surface area contributed by atoms with Gasteiger partial charge in [-0.1, -0.05) is 0 Å². The fraction of sp³-hybridized carbons (Fsp3) is 0.471. The molecule has 1 aromatic heterocycles. The van der Waals surface area contributed by atoms with E-state index in [0.29, 0.717) is 56.9 Å². The molecule has 1 aliphatic heterocycles. The quantitative estimate of drug-likeness (QED) is 0.525. The van der Waals surface area contributed by atoms with E-state index in [1.54, 1.807) is 24.3 Å². The van der Waals surface area contributed by atoms with Gasteiger partial charge in [0.2, 0.25) is 5.95 Å². The van der Waals surface area contributed by atoms with Crippen molar-refractivity contribution in [2.45, 2.75) is 6.54 Å². The average molecular weight is 373 g/mol. The zero-order valence-corrected chi connectivity index (χ0v) is 15.2. The predicted octanol–water partition coefficient (Wildman–Crippen LogP) is 1.30. The smallest absolute Gasteiger partial charge is 0.321 e. The van der Waals surface area contributed by atoms with Crippen LogP contribution >= 0.6 is 0 Å². The molecule has 0 amide bonds. The van der Waals surface area contributed by atoms with E-state index >= 15 is 0 Å². The molecule has 2 aromatic rings. The molecule has 1 aliphatic rings. The molecule has 0 aliphatic carbocycles. The Labute approximate surface area is 157 Å². The van der Waals surface area contributed by atoms with E-state index in [2.05, 4.69) is 30.5 Å². The summed E-state index contributed by atoms with van der Waals surface area (Å²) in [6.07, 6.45) is 0. The Bertz CT molecular complexity index is 749. The van der Waals surface area contributed by atoms with Gasteiger partial charge in [-0.3, -0.25) is 0 Å². The zero-order chi connectivity index (χ0) is 18.9. The average Bonchev–Trinajstić information content (AvgIpc) is 2.70. The third-order valence-electron chi connectivity index (χ3n) is 3.77. The number of nitrogens with one attached hydrogen (secondary N) is 1. The topological polar surface area (TPSA) is 117 Å². The molecule has 2 N–H and O–H groups in total. The molecule has 0 unspecified atom stereocenters. The fourth-order valence-corrected chi connectivity index (χ4v) is 2.37. The van der Waals surface area contributed by atoms with Crippen LogP contribution in [0, 0.1) is 0 Å². The number of ether oxygens (including phenoxy) is 2. The van der Waals surface area contributed by atoms with Crippen LogP contribution in [0.3, 0.4) is 0 Å². The Morgan fingerprint density at radius 2 is 1.96 bits per heavy atom. The third-order valence-corrected chi connectivity index (χ3v) is 3.77. The number of likely N-dealkylation sites (N-methyl/N-ethyl adjacent to an activating group) is 1. The van der Waals surface area contributed by atoms with Crippen molar-refractivity contribution >= 4 is 11.6 Å². The zero-order valence-electron chi connectivity index (χ0n) is 15.2. The van der Waals surface area contributed by atoms with Crippen molar-refractivity contribution in [3.63, 3.8) is 0 Å². The number of anilines is 1. The number of phenolic OH excluding ortho intramolecular Hbond substituents is 1. The molecule has 1 fully saturated rings. The lowest BCUT2D eigenvalue weighted by molar-refractivity contribution is 0.122. The fourth-order valence-electron chi connectivity index (χ4n) is 2.37. The molecule has 0 spiro atoms. The van der Waals surface area contributed by atoms with E-state index in [4.69, 9.17) is 9.47 Å². The number of aromatic nitrogens is 3. The van der Waals surface area contributed by atoms with Crippen LogP contribution in [0.25, 0.3) is 0 Å². The van der Waals surface area contributed by atoms with Gasteiger partial charge in [-0.05, 0) is 31.3 Å². The van der Waals surface area contributed by atoms with Gasteiger partial charge in [0, 0.05) is 19.6 Å². The van der Waals surface area contributed by atoms with Crippen LogP contribution in [0.2, 0.25) is 0 Å². The summed E-state index contributed by atoms with van der Waals surface area (Å²) in [6, 6.07) is 6.75. The number of morpholine rings is 1. The van der Waals surface area contributed by atoms with Crippen molar-refractivity contribution in [2.75, 3.05) is 51.4 Å². The maximum absolute atomic E-state index is 9.30. The second-order valence-corrected chi connectivity index (χ2v) is 5.80. The Hall–Kier alpha value is -2.85. The second-order valence-electron chi connectivity index (χ2n) is 5.80. The number of phenols is 1. The summed E-state index contributed by atoms with van der Waals surface area (Å²) in [6.45, 7) is 4.05. The van der Waals surface area contributed by atoms with Crippen LogP contribution in [-0.4, -0.2) is 66.6 Å². The van der Waals surface area contributed by atoms with Crippen LogP contribution in [0.5, 0.6) is 11.8 Å². The Balaban J connectivity index is 1.73. The molecule has 1 aromatic carbocycles. The number of benzene rings is 1. The number of rotatable bonds is 8. The summed E-state index contributed by atoms with van der Waals surface area (Å²) >= 11 is 0. The van der Waals surface area contributed by atoms with Crippen molar-refractivity contribution in [1.82, 2.24) is 20.3 Å². The van der Waals surface area contributed by atoms with Crippen LogP contribution in [0.4, 0.5) is 11.6 Å². The van der Waals surface area contributed by atoms with E-state index in [9.17, 15) is 5.11 Å². The lowest BCUT2D eigenvalue weighted by Gasteiger charge is -2.26. The summed E-state index contributed by atoms with van der Waals surface area (Å²) in [5.74, 6) is 1.22.